The van der Waals surface area contributed by atoms with Gasteiger partial charge in [0, 0.05) is 34.7 Å². The Morgan fingerprint density at radius 3 is 2.27 bits per heavy atom. The van der Waals surface area contributed by atoms with Crippen LogP contribution in [0.25, 0.3) is 0 Å². The molecule has 1 heterocycles. The van der Waals surface area contributed by atoms with Crippen molar-refractivity contribution in [3.63, 3.8) is 0 Å². The highest BCUT2D eigenvalue weighted by molar-refractivity contribution is 6.35. The fourth-order valence-corrected chi connectivity index (χ4v) is 2.19. The molecule has 5 nitrogen and oxygen atoms in total. The van der Waals surface area contributed by atoms with Crippen molar-refractivity contribution in [2.24, 2.45) is 5.92 Å². The Bertz CT molecular complexity index is 639. The van der Waals surface area contributed by atoms with Crippen LogP contribution in [-0.4, -0.2) is 22.4 Å². The number of carbonyl (C=O) groups is 1. The minimum atomic E-state index is -0.189. The second-order valence-electron chi connectivity index (χ2n) is 5.18. The molecule has 0 atom stereocenters. The van der Waals surface area contributed by atoms with E-state index in [1.165, 1.54) is 12.4 Å². The van der Waals surface area contributed by atoms with E-state index in [4.69, 9.17) is 23.2 Å². The Morgan fingerprint density at radius 2 is 1.73 bits per heavy atom. The Labute approximate surface area is 139 Å². The topological polar surface area (TPSA) is 66.9 Å². The predicted octanol–water partition coefficient (Wildman–Crippen LogP) is 3.91. The van der Waals surface area contributed by atoms with Crippen molar-refractivity contribution in [1.82, 2.24) is 15.3 Å². The Kier molecular flexibility index (Phi) is 5.57. The molecule has 0 aliphatic carbocycles. The van der Waals surface area contributed by atoms with E-state index in [0.29, 0.717) is 39.7 Å². The van der Waals surface area contributed by atoms with Crippen LogP contribution in [0.1, 0.15) is 24.2 Å². The van der Waals surface area contributed by atoms with Gasteiger partial charge >= 0.3 is 0 Å². The number of rotatable bonds is 5. The van der Waals surface area contributed by atoms with E-state index in [2.05, 4.69) is 20.6 Å². The van der Waals surface area contributed by atoms with Gasteiger partial charge in [0.25, 0.3) is 5.91 Å². The summed E-state index contributed by atoms with van der Waals surface area (Å²) in [6, 6.07) is 5.05. The molecule has 0 aliphatic heterocycles. The van der Waals surface area contributed by atoms with E-state index in [9.17, 15) is 4.79 Å². The first-order valence-corrected chi connectivity index (χ1v) is 7.53. The van der Waals surface area contributed by atoms with E-state index < -0.39 is 0 Å². The minimum absolute atomic E-state index is 0.189. The van der Waals surface area contributed by atoms with Crippen LogP contribution in [0.15, 0.2) is 30.6 Å². The van der Waals surface area contributed by atoms with Crippen molar-refractivity contribution < 1.29 is 4.79 Å². The first kappa shape index (κ1) is 16.5. The predicted molar refractivity (Wildman–Crippen MR) is 88.9 cm³/mol. The molecule has 2 aromatic rings. The highest BCUT2D eigenvalue weighted by Gasteiger charge is 2.08. The molecule has 0 saturated carbocycles. The Hall–Kier alpha value is -1.85. The lowest BCUT2D eigenvalue weighted by atomic mass is 10.2. The highest BCUT2D eigenvalue weighted by atomic mass is 35.5. The number of halogens is 2. The molecule has 0 bridgehead atoms. The lowest BCUT2D eigenvalue weighted by Gasteiger charge is -2.08. The van der Waals surface area contributed by atoms with Gasteiger partial charge in [-0.2, -0.15) is 0 Å². The molecule has 2 N–H and O–H groups in total. The summed E-state index contributed by atoms with van der Waals surface area (Å²) in [5.41, 5.74) is 1.09. The van der Waals surface area contributed by atoms with Crippen molar-refractivity contribution in [1.29, 1.82) is 0 Å². The van der Waals surface area contributed by atoms with Gasteiger partial charge in [0.05, 0.1) is 5.56 Å². The van der Waals surface area contributed by atoms with E-state index in [-0.39, 0.29) is 5.91 Å². The van der Waals surface area contributed by atoms with Crippen LogP contribution in [0, 0.1) is 5.92 Å². The third-order valence-corrected chi connectivity index (χ3v) is 3.14. The number of hydrogen-bond acceptors (Lipinski definition) is 4. The van der Waals surface area contributed by atoms with Gasteiger partial charge < -0.3 is 10.6 Å². The Balaban J connectivity index is 2.04. The summed E-state index contributed by atoms with van der Waals surface area (Å²) in [4.78, 5) is 20.1. The van der Waals surface area contributed by atoms with Crippen molar-refractivity contribution in [3.8, 4) is 0 Å². The number of anilines is 2. The quantitative estimate of drug-likeness (QED) is 0.867. The van der Waals surface area contributed by atoms with Crippen molar-refractivity contribution >= 4 is 40.7 Å². The zero-order valence-electron chi connectivity index (χ0n) is 12.2. The fourth-order valence-electron chi connectivity index (χ4n) is 1.66. The summed E-state index contributed by atoms with van der Waals surface area (Å²) in [6.07, 6.45) is 2.94. The van der Waals surface area contributed by atoms with Gasteiger partial charge in [-0.1, -0.05) is 37.0 Å². The molecule has 0 aliphatic rings. The number of amides is 1. The second-order valence-corrected chi connectivity index (χ2v) is 6.06. The highest BCUT2D eigenvalue weighted by Crippen LogP contribution is 2.24. The number of benzene rings is 1. The van der Waals surface area contributed by atoms with Gasteiger partial charge in [-0.3, -0.25) is 4.79 Å². The lowest BCUT2D eigenvalue weighted by molar-refractivity contribution is 0.0948. The van der Waals surface area contributed by atoms with Crippen LogP contribution < -0.4 is 10.6 Å². The third-order valence-electron chi connectivity index (χ3n) is 2.70. The van der Waals surface area contributed by atoms with Crippen LogP contribution in [0.2, 0.25) is 10.0 Å². The van der Waals surface area contributed by atoms with E-state index in [1.807, 2.05) is 13.8 Å². The summed E-state index contributed by atoms with van der Waals surface area (Å²) in [5.74, 6) is 0.558. The van der Waals surface area contributed by atoms with Gasteiger partial charge in [0.2, 0.25) is 5.95 Å². The van der Waals surface area contributed by atoms with Gasteiger partial charge in [-0.05, 0) is 24.1 Å². The molecule has 7 heteroatoms. The summed E-state index contributed by atoms with van der Waals surface area (Å²) < 4.78 is 0. The summed E-state index contributed by atoms with van der Waals surface area (Å²) in [7, 11) is 0. The molecule has 1 aromatic heterocycles. The average Bonchev–Trinajstić information content (AvgIpc) is 2.44. The molecular formula is C15H16Cl2N4O. The fraction of sp³-hybridized carbons (Fsp3) is 0.267. The molecule has 0 fully saturated rings. The van der Waals surface area contributed by atoms with Gasteiger partial charge in [0.15, 0.2) is 0 Å². The Morgan fingerprint density at radius 1 is 1.14 bits per heavy atom. The van der Waals surface area contributed by atoms with Gasteiger partial charge in [-0.25, -0.2) is 9.97 Å². The van der Waals surface area contributed by atoms with Crippen molar-refractivity contribution in [2.45, 2.75) is 13.8 Å². The number of nitrogens with zero attached hydrogens (tertiary/aromatic N) is 2. The smallest absolute Gasteiger partial charge is 0.254 e. The van der Waals surface area contributed by atoms with Gasteiger partial charge in [-0.15, -0.1) is 0 Å². The standard InChI is InChI=1S/C15H16Cl2N4O/c1-9(2)6-18-14(22)10-7-19-15(20-8-10)21-13-4-11(16)3-12(17)5-13/h3-5,7-9H,6H2,1-2H3,(H,18,22)(H,19,20,21). The normalized spacial score (nSPS) is 10.6. The van der Waals surface area contributed by atoms with Crippen LogP contribution in [-0.2, 0) is 0 Å². The van der Waals surface area contributed by atoms with Crippen LogP contribution >= 0.6 is 23.2 Å². The molecule has 0 radical (unpaired) electrons. The molecule has 116 valence electrons. The lowest BCUT2D eigenvalue weighted by Crippen LogP contribution is -2.27. The number of hydrogen-bond donors (Lipinski definition) is 2. The van der Waals surface area contributed by atoms with E-state index >= 15 is 0 Å². The SMILES string of the molecule is CC(C)CNC(=O)c1cnc(Nc2cc(Cl)cc(Cl)c2)nc1. The molecule has 0 unspecified atom stereocenters. The summed E-state index contributed by atoms with van der Waals surface area (Å²) in [6.45, 7) is 4.67. The molecule has 0 saturated heterocycles. The maximum absolute atomic E-state index is 11.9. The molecule has 2 rings (SSSR count). The van der Waals surface area contributed by atoms with Crippen LogP contribution in [0.5, 0.6) is 0 Å². The second kappa shape index (κ2) is 7.42. The molecule has 1 amide bonds. The van der Waals surface area contributed by atoms with Crippen molar-refractivity contribution in [3.05, 3.63) is 46.2 Å². The molecule has 0 spiro atoms. The maximum Gasteiger partial charge on any atom is 0.254 e. The molecule has 22 heavy (non-hydrogen) atoms. The van der Waals surface area contributed by atoms with Crippen molar-refractivity contribution in [2.75, 3.05) is 11.9 Å². The minimum Gasteiger partial charge on any atom is -0.352 e. The van der Waals surface area contributed by atoms with Crippen LogP contribution in [0.4, 0.5) is 11.6 Å². The largest absolute Gasteiger partial charge is 0.352 e. The zero-order valence-corrected chi connectivity index (χ0v) is 13.7. The third kappa shape index (κ3) is 4.86. The monoisotopic (exact) mass is 338 g/mol. The number of aromatic nitrogens is 2. The number of carbonyl (C=O) groups excluding carboxylic acids is 1. The van der Waals surface area contributed by atoms with Crippen LogP contribution in [0.3, 0.4) is 0 Å². The zero-order chi connectivity index (χ0) is 16.1. The summed E-state index contributed by atoms with van der Waals surface area (Å²) >= 11 is 11.9. The molecular weight excluding hydrogens is 323 g/mol. The number of nitrogens with one attached hydrogen (secondary N) is 2. The first-order valence-electron chi connectivity index (χ1n) is 6.77. The average molecular weight is 339 g/mol. The van der Waals surface area contributed by atoms with E-state index in [0.717, 1.165) is 0 Å². The maximum atomic E-state index is 11.9. The van der Waals surface area contributed by atoms with Gasteiger partial charge in [0.1, 0.15) is 0 Å². The molecule has 1 aromatic carbocycles. The first-order chi connectivity index (χ1) is 10.4. The summed E-state index contributed by atoms with van der Waals surface area (Å²) in [5, 5.41) is 6.81. The van der Waals surface area contributed by atoms with E-state index in [1.54, 1.807) is 18.2 Å².